The number of thiazole rings is 1. The number of fused-ring (bicyclic) bond motifs is 2. The smallest absolute Gasteiger partial charge is 0.233 e. The van der Waals surface area contributed by atoms with Crippen LogP contribution in [0.4, 0.5) is 5.13 Å². The van der Waals surface area contributed by atoms with Gasteiger partial charge in [0.25, 0.3) is 0 Å². The highest BCUT2D eigenvalue weighted by molar-refractivity contribution is 7.22. The lowest BCUT2D eigenvalue weighted by atomic mass is 10.0. The monoisotopic (exact) mass is 446 g/mol. The fourth-order valence-corrected chi connectivity index (χ4v) is 4.99. The Morgan fingerprint density at radius 1 is 1.03 bits per heavy atom. The van der Waals surface area contributed by atoms with Crippen LogP contribution in [0.15, 0.2) is 79.1 Å². The van der Waals surface area contributed by atoms with Crippen LogP contribution in [0.25, 0.3) is 21.0 Å². The zero-order valence-corrected chi connectivity index (χ0v) is 18.2. The van der Waals surface area contributed by atoms with Crippen molar-refractivity contribution in [2.24, 2.45) is 0 Å². The molecule has 5 aromatic rings. The van der Waals surface area contributed by atoms with Crippen molar-refractivity contribution in [3.05, 3.63) is 89.7 Å². The molecule has 0 aliphatic rings. The van der Waals surface area contributed by atoms with Crippen molar-refractivity contribution >= 4 is 55.0 Å². The number of halogens is 1. The number of hydrogen-bond acceptors (Lipinski definition) is 4. The summed E-state index contributed by atoms with van der Waals surface area (Å²) in [6, 6.07) is 21.8. The standard InChI is InChI=1S/C24H19ClN4OS/c25-20-10-4-11-21-23(20)27-24(31-21)29(15-14-28-13-5-12-26-28)22(30)16-18-8-3-7-17-6-1-2-9-19(17)18/h1-13H,14-16H2. The van der Waals surface area contributed by atoms with Crippen LogP contribution >= 0.6 is 22.9 Å². The Morgan fingerprint density at radius 2 is 1.87 bits per heavy atom. The molecular weight excluding hydrogens is 428 g/mol. The molecule has 0 saturated carbocycles. The van der Waals surface area contributed by atoms with Crippen molar-refractivity contribution in [1.82, 2.24) is 14.8 Å². The van der Waals surface area contributed by atoms with E-state index in [-0.39, 0.29) is 5.91 Å². The molecule has 31 heavy (non-hydrogen) atoms. The first-order valence-corrected chi connectivity index (χ1v) is 11.2. The van der Waals surface area contributed by atoms with E-state index in [1.54, 1.807) is 11.1 Å². The van der Waals surface area contributed by atoms with E-state index in [1.807, 2.05) is 59.4 Å². The summed E-state index contributed by atoms with van der Waals surface area (Å²) in [6.45, 7) is 1.06. The molecule has 154 valence electrons. The summed E-state index contributed by atoms with van der Waals surface area (Å²) in [7, 11) is 0. The van der Waals surface area contributed by atoms with E-state index in [9.17, 15) is 4.79 Å². The first-order chi connectivity index (χ1) is 15.2. The summed E-state index contributed by atoms with van der Waals surface area (Å²) < 4.78 is 2.78. The Kier molecular flexibility index (Phi) is 5.40. The third kappa shape index (κ3) is 4.04. The van der Waals surface area contributed by atoms with Crippen molar-refractivity contribution in [2.45, 2.75) is 13.0 Å². The number of benzene rings is 3. The maximum atomic E-state index is 13.5. The van der Waals surface area contributed by atoms with Crippen molar-refractivity contribution in [3.8, 4) is 0 Å². The number of para-hydroxylation sites is 1. The highest BCUT2D eigenvalue weighted by atomic mass is 35.5. The first-order valence-electron chi connectivity index (χ1n) is 9.98. The Morgan fingerprint density at radius 3 is 2.71 bits per heavy atom. The fourth-order valence-electron chi connectivity index (χ4n) is 3.69. The van der Waals surface area contributed by atoms with Crippen molar-refractivity contribution in [1.29, 1.82) is 0 Å². The van der Waals surface area contributed by atoms with Gasteiger partial charge in [0.1, 0.15) is 5.52 Å². The van der Waals surface area contributed by atoms with E-state index in [1.165, 1.54) is 11.3 Å². The molecule has 0 aliphatic carbocycles. The molecule has 0 saturated heterocycles. The van der Waals surface area contributed by atoms with Gasteiger partial charge < -0.3 is 0 Å². The minimum Gasteiger partial charge on any atom is -0.286 e. The quantitative estimate of drug-likeness (QED) is 0.342. The van der Waals surface area contributed by atoms with E-state index in [2.05, 4.69) is 23.3 Å². The molecule has 0 bridgehead atoms. The lowest BCUT2D eigenvalue weighted by Crippen LogP contribution is -2.35. The van der Waals surface area contributed by atoms with Gasteiger partial charge in [-0.25, -0.2) is 4.98 Å². The van der Waals surface area contributed by atoms with Gasteiger partial charge in [-0.05, 0) is 34.5 Å². The molecule has 7 heteroatoms. The normalized spacial score (nSPS) is 11.3. The zero-order chi connectivity index (χ0) is 21.2. The number of carbonyl (C=O) groups is 1. The van der Waals surface area contributed by atoms with Crippen LogP contribution in [-0.2, 0) is 17.8 Å². The van der Waals surface area contributed by atoms with Gasteiger partial charge in [-0.2, -0.15) is 5.10 Å². The van der Waals surface area contributed by atoms with Gasteiger partial charge >= 0.3 is 0 Å². The third-order valence-corrected chi connectivity index (χ3v) is 6.57. The maximum absolute atomic E-state index is 13.5. The Balaban J connectivity index is 1.49. The molecule has 5 nitrogen and oxygen atoms in total. The van der Waals surface area contributed by atoms with Crippen LogP contribution in [0, 0.1) is 0 Å². The molecule has 0 fully saturated rings. The Labute approximate surface area is 188 Å². The number of anilines is 1. The summed E-state index contributed by atoms with van der Waals surface area (Å²) in [5, 5.41) is 7.73. The molecule has 0 aliphatic heterocycles. The average molecular weight is 447 g/mol. The summed E-state index contributed by atoms with van der Waals surface area (Å²) in [5.74, 6) is -0.00122. The first kappa shape index (κ1) is 19.7. The second-order valence-corrected chi connectivity index (χ2v) is 8.63. The largest absolute Gasteiger partial charge is 0.286 e. The molecule has 0 N–H and O–H groups in total. The van der Waals surface area contributed by atoms with Crippen LogP contribution in [0.1, 0.15) is 5.56 Å². The Hall–Kier alpha value is -3.22. The van der Waals surface area contributed by atoms with Crippen LogP contribution < -0.4 is 4.90 Å². The average Bonchev–Trinajstić information content (AvgIpc) is 3.45. The molecule has 0 unspecified atom stereocenters. The molecule has 3 aromatic carbocycles. The van der Waals surface area contributed by atoms with Gasteiger partial charge in [0.2, 0.25) is 5.91 Å². The number of rotatable bonds is 6. The van der Waals surface area contributed by atoms with Gasteiger partial charge in [0.05, 0.1) is 22.7 Å². The topological polar surface area (TPSA) is 51.0 Å². The predicted octanol–water partition coefficient (Wildman–Crippen LogP) is 5.58. The zero-order valence-electron chi connectivity index (χ0n) is 16.6. The van der Waals surface area contributed by atoms with E-state index < -0.39 is 0 Å². The van der Waals surface area contributed by atoms with Gasteiger partial charge in [0.15, 0.2) is 5.13 Å². The number of nitrogens with zero attached hydrogens (tertiary/aromatic N) is 4. The highest BCUT2D eigenvalue weighted by Crippen LogP contribution is 2.33. The van der Waals surface area contributed by atoms with Crippen molar-refractivity contribution in [2.75, 3.05) is 11.4 Å². The molecule has 1 amide bonds. The van der Waals surface area contributed by atoms with Crippen LogP contribution in [0.2, 0.25) is 5.02 Å². The third-order valence-electron chi connectivity index (χ3n) is 5.22. The van der Waals surface area contributed by atoms with Gasteiger partial charge in [-0.15, -0.1) is 0 Å². The minimum atomic E-state index is -0.00122. The number of hydrogen-bond donors (Lipinski definition) is 0. The molecule has 5 rings (SSSR count). The van der Waals surface area contributed by atoms with Crippen LogP contribution in [0.5, 0.6) is 0 Å². The number of amides is 1. The summed E-state index contributed by atoms with van der Waals surface area (Å²) >= 11 is 7.81. The highest BCUT2D eigenvalue weighted by Gasteiger charge is 2.21. The SMILES string of the molecule is O=C(Cc1cccc2ccccc12)N(CCn1cccn1)c1nc2c(Cl)cccc2s1. The molecule has 0 spiro atoms. The number of aromatic nitrogens is 3. The summed E-state index contributed by atoms with van der Waals surface area (Å²) in [5.41, 5.74) is 1.73. The second kappa shape index (κ2) is 8.49. The number of carbonyl (C=O) groups excluding carboxylic acids is 1. The van der Waals surface area contributed by atoms with E-state index in [0.717, 1.165) is 26.6 Å². The molecule has 0 radical (unpaired) electrons. The van der Waals surface area contributed by atoms with Crippen molar-refractivity contribution in [3.63, 3.8) is 0 Å². The van der Waals surface area contributed by atoms with E-state index in [0.29, 0.717) is 29.7 Å². The second-order valence-electron chi connectivity index (χ2n) is 7.21. The van der Waals surface area contributed by atoms with Gasteiger partial charge in [-0.1, -0.05) is 71.5 Å². The van der Waals surface area contributed by atoms with Crippen LogP contribution in [-0.4, -0.2) is 27.2 Å². The minimum absolute atomic E-state index is 0.00122. The van der Waals surface area contributed by atoms with Crippen LogP contribution in [0.3, 0.4) is 0 Å². The van der Waals surface area contributed by atoms with Crippen molar-refractivity contribution < 1.29 is 4.79 Å². The lowest BCUT2D eigenvalue weighted by Gasteiger charge is -2.20. The maximum Gasteiger partial charge on any atom is 0.233 e. The predicted molar refractivity (Wildman–Crippen MR) is 127 cm³/mol. The van der Waals surface area contributed by atoms with Gasteiger partial charge in [0, 0.05) is 18.9 Å². The summed E-state index contributed by atoms with van der Waals surface area (Å²) in [4.78, 5) is 20.0. The molecular formula is C24H19ClN4OS. The van der Waals surface area contributed by atoms with E-state index in [4.69, 9.17) is 16.6 Å². The van der Waals surface area contributed by atoms with Gasteiger partial charge in [-0.3, -0.25) is 14.4 Å². The molecule has 2 aromatic heterocycles. The summed E-state index contributed by atoms with van der Waals surface area (Å²) in [6.07, 6.45) is 3.92. The Bertz CT molecular complexity index is 1360. The van der Waals surface area contributed by atoms with E-state index >= 15 is 0 Å². The molecule has 0 atom stereocenters. The fraction of sp³-hybridized carbons (Fsp3) is 0.125. The molecule has 2 heterocycles. The lowest BCUT2D eigenvalue weighted by molar-refractivity contribution is -0.118.